The summed E-state index contributed by atoms with van der Waals surface area (Å²) in [5.74, 6) is -1.19. The van der Waals surface area contributed by atoms with Crippen molar-refractivity contribution >= 4 is 17.5 Å². The summed E-state index contributed by atoms with van der Waals surface area (Å²) in [6.07, 6.45) is 2.80. The van der Waals surface area contributed by atoms with Gasteiger partial charge in [0.1, 0.15) is 5.69 Å². The molecule has 8 nitrogen and oxygen atoms in total. The van der Waals surface area contributed by atoms with Crippen LogP contribution < -0.4 is 17.2 Å². The van der Waals surface area contributed by atoms with Gasteiger partial charge in [-0.2, -0.15) is 5.10 Å². The monoisotopic (exact) mass is 246 g/mol. The molecule has 8 heteroatoms. The minimum Gasteiger partial charge on any atom is -0.397 e. The molecule has 2 rings (SSSR count). The summed E-state index contributed by atoms with van der Waals surface area (Å²) in [7, 11) is 0. The summed E-state index contributed by atoms with van der Waals surface area (Å²) in [5, 5.41) is 3.88. The highest BCUT2D eigenvalue weighted by atomic mass is 16.1. The molecule has 0 spiro atoms. The molecule has 92 valence electrons. The molecular formula is C10H10N6O2. The van der Waals surface area contributed by atoms with Crippen LogP contribution in [0.25, 0.3) is 5.82 Å². The summed E-state index contributed by atoms with van der Waals surface area (Å²) in [6.45, 7) is 0. The van der Waals surface area contributed by atoms with Gasteiger partial charge in [0.25, 0.3) is 11.8 Å². The molecule has 18 heavy (non-hydrogen) atoms. The van der Waals surface area contributed by atoms with Crippen LogP contribution in [-0.4, -0.2) is 26.6 Å². The lowest BCUT2D eigenvalue weighted by Gasteiger charge is -2.06. The number of aromatic nitrogens is 3. The zero-order valence-electron chi connectivity index (χ0n) is 9.20. The van der Waals surface area contributed by atoms with Crippen molar-refractivity contribution in [3.63, 3.8) is 0 Å². The Morgan fingerprint density at radius 3 is 2.50 bits per heavy atom. The number of primary amides is 2. The SMILES string of the molecule is NC(=O)c1ccn(-c2ncc(N)cc2C(N)=O)n1. The largest absolute Gasteiger partial charge is 0.397 e. The quantitative estimate of drug-likeness (QED) is 0.639. The Labute approximate surface area is 101 Å². The number of carbonyl (C=O) groups excluding carboxylic acids is 2. The van der Waals surface area contributed by atoms with E-state index in [1.807, 2.05) is 0 Å². The molecule has 0 atom stereocenters. The highest BCUT2D eigenvalue weighted by Gasteiger charge is 2.14. The average molecular weight is 246 g/mol. The van der Waals surface area contributed by atoms with Crippen molar-refractivity contribution in [2.24, 2.45) is 11.5 Å². The lowest BCUT2D eigenvalue weighted by molar-refractivity contribution is 0.0990. The van der Waals surface area contributed by atoms with Crippen LogP contribution in [0.1, 0.15) is 20.8 Å². The fourth-order valence-electron chi connectivity index (χ4n) is 1.41. The van der Waals surface area contributed by atoms with Gasteiger partial charge in [0, 0.05) is 6.20 Å². The lowest BCUT2D eigenvalue weighted by Crippen LogP contribution is -2.17. The number of anilines is 1. The fraction of sp³-hybridized carbons (Fsp3) is 0. The van der Waals surface area contributed by atoms with Crippen molar-refractivity contribution in [2.75, 3.05) is 5.73 Å². The number of carbonyl (C=O) groups is 2. The van der Waals surface area contributed by atoms with Crippen molar-refractivity contribution in [3.05, 3.63) is 35.8 Å². The summed E-state index contributed by atoms with van der Waals surface area (Å²) in [6, 6.07) is 2.79. The van der Waals surface area contributed by atoms with Crippen LogP contribution in [0.15, 0.2) is 24.5 Å². The maximum atomic E-state index is 11.3. The number of nitrogens with zero attached hydrogens (tertiary/aromatic N) is 3. The van der Waals surface area contributed by atoms with Gasteiger partial charge in [0.2, 0.25) is 0 Å². The topological polar surface area (TPSA) is 143 Å². The Kier molecular flexibility index (Phi) is 2.68. The first-order chi connectivity index (χ1) is 8.49. The second kappa shape index (κ2) is 4.17. The maximum absolute atomic E-state index is 11.3. The van der Waals surface area contributed by atoms with Crippen LogP contribution >= 0.6 is 0 Å². The first-order valence-corrected chi connectivity index (χ1v) is 4.90. The van der Waals surface area contributed by atoms with E-state index >= 15 is 0 Å². The van der Waals surface area contributed by atoms with E-state index in [2.05, 4.69) is 10.1 Å². The van der Waals surface area contributed by atoms with Crippen molar-refractivity contribution in [3.8, 4) is 5.82 Å². The molecule has 0 aliphatic heterocycles. The standard InChI is InChI=1S/C10H10N6O2/c11-5-3-6(8(12)17)10(14-4-5)16-2-1-7(15-16)9(13)18/h1-4H,11H2,(H2,12,17)(H2,13,18). The van der Waals surface area contributed by atoms with Crippen molar-refractivity contribution in [1.82, 2.24) is 14.8 Å². The highest BCUT2D eigenvalue weighted by molar-refractivity contribution is 5.96. The predicted molar refractivity (Wildman–Crippen MR) is 62.8 cm³/mol. The first-order valence-electron chi connectivity index (χ1n) is 4.90. The van der Waals surface area contributed by atoms with E-state index < -0.39 is 11.8 Å². The van der Waals surface area contributed by atoms with Crippen molar-refractivity contribution in [1.29, 1.82) is 0 Å². The average Bonchev–Trinajstić information content (AvgIpc) is 2.78. The minimum atomic E-state index is -0.694. The van der Waals surface area contributed by atoms with Gasteiger partial charge >= 0.3 is 0 Å². The lowest BCUT2D eigenvalue weighted by atomic mass is 10.2. The summed E-state index contributed by atoms with van der Waals surface area (Å²) in [5.41, 5.74) is 16.3. The van der Waals surface area contributed by atoms with Gasteiger partial charge in [-0.3, -0.25) is 9.59 Å². The second-order valence-corrected chi connectivity index (χ2v) is 3.51. The zero-order chi connectivity index (χ0) is 13.3. The van der Waals surface area contributed by atoms with E-state index in [0.717, 1.165) is 0 Å². The van der Waals surface area contributed by atoms with Crippen LogP contribution in [0.5, 0.6) is 0 Å². The molecule has 2 amide bonds. The first kappa shape index (κ1) is 11.6. The third kappa shape index (κ3) is 1.98. The van der Waals surface area contributed by atoms with Crippen LogP contribution in [0.4, 0.5) is 5.69 Å². The Bertz CT molecular complexity index is 633. The van der Waals surface area contributed by atoms with Crippen molar-refractivity contribution in [2.45, 2.75) is 0 Å². The zero-order valence-corrected chi connectivity index (χ0v) is 9.20. The molecule has 0 fully saturated rings. The van der Waals surface area contributed by atoms with Crippen LogP contribution in [-0.2, 0) is 0 Å². The van der Waals surface area contributed by atoms with Gasteiger partial charge in [-0.1, -0.05) is 0 Å². The molecule has 6 N–H and O–H groups in total. The van der Waals surface area contributed by atoms with Gasteiger partial charge < -0.3 is 17.2 Å². The van der Waals surface area contributed by atoms with Gasteiger partial charge in [-0.25, -0.2) is 9.67 Å². The van der Waals surface area contributed by atoms with E-state index in [9.17, 15) is 9.59 Å². The van der Waals surface area contributed by atoms with Gasteiger partial charge in [0.05, 0.1) is 17.4 Å². The number of pyridine rings is 1. The molecule has 0 bridgehead atoms. The molecule has 0 saturated heterocycles. The molecule has 2 heterocycles. The molecular weight excluding hydrogens is 236 g/mol. The van der Waals surface area contributed by atoms with E-state index in [1.54, 1.807) is 0 Å². The number of hydrogen-bond donors (Lipinski definition) is 3. The Hall–Kier alpha value is -2.90. The second-order valence-electron chi connectivity index (χ2n) is 3.51. The Morgan fingerprint density at radius 1 is 1.22 bits per heavy atom. The van der Waals surface area contributed by atoms with Gasteiger partial charge in [0.15, 0.2) is 5.82 Å². The molecule has 0 radical (unpaired) electrons. The molecule has 0 aliphatic rings. The molecule has 0 aliphatic carbocycles. The number of nitrogens with two attached hydrogens (primary N) is 3. The van der Waals surface area contributed by atoms with E-state index in [0.29, 0.717) is 5.69 Å². The highest BCUT2D eigenvalue weighted by Crippen LogP contribution is 2.14. The predicted octanol–water partition coefficient (Wildman–Crippen LogP) is -0.953. The van der Waals surface area contributed by atoms with Gasteiger partial charge in [-0.15, -0.1) is 0 Å². The third-order valence-electron chi connectivity index (χ3n) is 2.21. The van der Waals surface area contributed by atoms with E-state index in [4.69, 9.17) is 17.2 Å². The Morgan fingerprint density at radius 2 is 1.94 bits per heavy atom. The van der Waals surface area contributed by atoms with Crippen molar-refractivity contribution < 1.29 is 9.59 Å². The number of rotatable bonds is 3. The van der Waals surface area contributed by atoms with Gasteiger partial charge in [-0.05, 0) is 12.1 Å². The molecule has 0 aromatic carbocycles. The third-order valence-corrected chi connectivity index (χ3v) is 2.21. The number of hydrogen-bond acceptors (Lipinski definition) is 5. The molecule has 0 unspecified atom stereocenters. The minimum absolute atomic E-state index is 0.0593. The van der Waals surface area contributed by atoms with Crippen LogP contribution in [0.2, 0.25) is 0 Å². The van der Waals surface area contributed by atoms with Crippen LogP contribution in [0.3, 0.4) is 0 Å². The summed E-state index contributed by atoms with van der Waals surface area (Å²) >= 11 is 0. The number of amides is 2. The molecule has 0 saturated carbocycles. The Balaban J connectivity index is 2.55. The number of nitrogen functional groups attached to an aromatic ring is 1. The van der Waals surface area contributed by atoms with E-state index in [1.165, 1.54) is 29.2 Å². The fourth-order valence-corrected chi connectivity index (χ4v) is 1.41. The summed E-state index contributed by atoms with van der Waals surface area (Å²) in [4.78, 5) is 26.2. The maximum Gasteiger partial charge on any atom is 0.269 e. The molecule has 2 aromatic rings. The smallest absolute Gasteiger partial charge is 0.269 e. The van der Waals surface area contributed by atoms with E-state index in [-0.39, 0.29) is 17.1 Å². The summed E-state index contributed by atoms with van der Waals surface area (Å²) < 4.78 is 1.24. The van der Waals surface area contributed by atoms with Crippen LogP contribution in [0, 0.1) is 0 Å². The normalized spacial score (nSPS) is 10.2. The molecule has 2 aromatic heterocycles.